The average molecular weight is 208 g/mol. The zero-order valence-corrected chi connectivity index (χ0v) is 9.51. The topological polar surface area (TPSA) is 12.5 Å². The molecule has 2 heteroatoms. The van der Waals surface area contributed by atoms with Crippen molar-refractivity contribution < 1.29 is 9.13 Å². The van der Waals surface area contributed by atoms with Gasteiger partial charge in [-0.3, -0.25) is 0 Å². The largest absolute Gasteiger partial charge is 0.370 e. The van der Waals surface area contributed by atoms with Crippen molar-refractivity contribution in [1.29, 1.82) is 0 Å². The molecule has 15 heavy (non-hydrogen) atoms. The Hall–Kier alpha value is -0.890. The standard InChI is InChI=1S/C13H17FO/c1-8-6-11(12(14)7-9(8)2)4-5-13-10(3)15-13/h6-7,10,13H,4-5H2,1-3H3. The molecule has 2 rings (SSSR count). The highest BCUT2D eigenvalue weighted by atomic mass is 19.1. The van der Waals surface area contributed by atoms with Gasteiger partial charge >= 0.3 is 0 Å². The van der Waals surface area contributed by atoms with Crippen LogP contribution in [0, 0.1) is 19.7 Å². The maximum Gasteiger partial charge on any atom is 0.126 e. The molecule has 0 amide bonds. The van der Waals surface area contributed by atoms with E-state index in [0.717, 1.165) is 29.5 Å². The third-order valence-electron chi connectivity index (χ3n) is 3.20. The lowest BCUT2D eigenvalue weighted by Gasteiger charge is -2.06. The maximum absolute atomic E-state index is 13.6. The van der Waals surface area contributed by atoms with Crippen molar-refractivity contribution in [3.05, 3.63) is 34.6 Å². The van der Waals surface area contributed by atoms with Gasteiger partial charge in [0.1, 0.15) is 5.82 Å². The third kappa shape index (κ3) is 2.37. The van der Waals surface area contributed by atoms with Gasteiger partial charge in [-0.1, -0.05) is 6.07 Å². The molecule has 1 nitrogen and oxygen atoms in total. The van der Waals surface area contributed by atoms with E-state index >= 15 is 0 Å². The predicted octanol–water partition coefficient (Wildman–Crippen LogP) is 3.16. The van der Waals surface area contributed by atoms with Crippen LogP contribution in [-0.4, -0.2) is 12.2 Å². The molecule has 82 valence electrons. The third-order valence-corrected chi connectivity index (χ3v) is 3.20. The summed E-state index contributed by atoms with van der Waals surface area (Å²) in [6, 6.07) is 3.58. The molecule has 1 aliphatic heterocycles. The zero-order chi connectivity index (χ0) is 11.0. The smallest absolute Gasteiger partial charge is 0.126 e. The first-order valence-electron chi connectivity index (χ1n) is 5.49. The minimum absolute atomic E-state index is 0.0774. The highest BCUT2D eigenvalue weighted by Crippen LogP contribution is 2.27. The van der Waals surface area contributed by atoms with Gasteiger partial charge in [-0.2, -0.15) is 0 Å². The summed E-state index contributed by atoms with van der Waals surface area (Å²) >= 11 is 0. The quantitative estimate of drug-likeness (QED) is 0.695. The second-order valence-electron chi connectivity index (χ2n) is 4.45. The molecule has 2 atom stereocenters. The highest BCUT2D eigenvalue weighted by molar-refractivity contribution is 5.31. The second kappa shape index (κ2) is 3.93. The van der Waals surface area contributed by atoms with Gasteiger partial charge in [-0.05, 0) is 56.4 Å². The first kappa shape index (κ1) is 10.6. The molecule has 0 N–H and O–H groups in total. The van der Waals surface area contributed by atoms with Crippen LogP contribution in [0.2, 0.25) is 0 Å². The number of ether oxygens (including phenoxy) is 1. The molecule has 1 aromatic carbocycles. The number of rotatable bonds is 3. The highest BCUT2D eigenvalue weighted by Gasteiger charge is 2.33. The summed E-state index contributed by atoms with van der Waals surface area (Å²) in [5.74, 6) is -0.0774. The van der Waals surface area contributed by atoms with E-state index in [-0.39, 0.29) is 5.82 Å². The summed E-state index contributed by atoms with van der Waals surface area (Å²) in [4.78, 5) is 0. The van der Waals surface area contributed by atoms with E-state index in [1.165, 1.54) is 0 Å². The van der Waals surface area contributed by atoms with E-state index in [1.54, 1.807) is 6.07 Å². The van der Waals surface area contributed by atoms with Crippen molar-refractivity contribution in [2.45, 2.75) is 45.8 Å². The summed E-state index contributed by atoms with van der Waals surface area (Å²) in [6.45, 7) is 6.02. The summed E-state index contributed by atoms with van der Waals surface area (Å²) < 4.78 is 18.9. The lowest BCUT2D eigenvalue weighted by molar-refractivity contribution is 0.370. The van der Waals surface area contributed by atoms with Crippen LogP contribution in [0.5, 0.6) is 0 Å². The van der Waals surface area contributed by atoms with Crippen molar-refractivity contribution in [1.82, 2.24) is 0 Å². The number of epoxide rings is 1. The Morgan fingerprint density at radius 1 is 1.27 bits per heavy atom. The van der Waals surface area contributed by atoms with Crippen molar-refractivity contribution in [2.75, 3.05) is 0 Å². The van der Waals surface area contributed by atoms with E-state index in [2.05, 4.69) is 6.92 Å². The number of halogens is 1. The van der Waals surface area contributed by atoms with Gasteiger partial charge in [0.2, 0.25) is 0 Å². The molecular weight excluding hydrogens is 191 g/mol. The summed E-state index contributed by atoms with van der Waals surface area (Å²) in [5, 5.41) is 0. The van der Waals surface area contributed by atoms with Crippen molar-refractivity contribution in [2.24, 2.45) is 0 Å². The molecule has 0 aliphatic carbocycles. The normalized spacial score (nSPS) is 24.3. The number of aryl methyl sites for hydroxylation is 3. The van der Waals surface area contributed by atoms with Crippen molar-refractivity contribution >= 4 is 0 Å². The van der Waals surface area contributed by atoms with Crippen LogP contribution in [0.3, 0.4) is 0 Å². The van der Waals surface area contributed by atoms with Crippen LogP contribution in [0.15, 0.2) is 12.1 Å². The van der Waals surface area contributed by atoms with Gasteiger partial charge < -0.3 is 4.74 Å². The first-order valence-corrected chi connectivity index (χ1v) is 5.49. The minimum atomic E-state index is -0.0774. The second-order valence-corrected chi connectivity index (χ2v) is 4.45. The fourth-order valence-corrected chi connectivity index (χ4v) is 1.86. The monoisotopic (exact) mass is 208 g/mol. The zero-order valence-electron chi connectivity index (χ0n) is 9.51. The lowest BCUT2D eigenvalue weighted by Crippen LogP contribution is -1.98. The van der Waals surface area contributed by atoms with Gasteiger partial charge in [-0.15, -0.1) is 0 Å². The Balaban J connectivity index is 2.04. The van der Waals surface area contributed by atoms with Gasteiger partial charge in [0, 0.05) is 0 Å². The SMILES string of the molecule is Cc1cc(F)c(CCC2OC2C)cc1C. The molecule has 0 spiro atoms. The fraction of sp³-hybridized carbons (Fsp3) is 0.538. The fourth-order valence-electron chi connectivity index (χ4n) is 1.86. The van der Waals surface area contributed by atoms with Gasteiger partial charge in [0.05, 0.1) is 12.2 Å². The molecule has 1 heterocycles. The van der Waals surface area contributed by atoms with E-state index in [9.17, 15) is 4.39 Å². The van der Waals surface area contributed by atoms with Crippen LogP contribution < -0.4 is 0 Å². The molecule has 0 bridgehead atoms. The van der Waals surface area contributed by atoms with Gasteiger partial charge in [-0.25, -0.2) is 4.39 Å². The van der Waals surface area contributed by atoms with Crippen LogP contribution in [0.1, 0.15) is 30.0 Å². The molecule has 1 aliphatic rings. The molecule has 1 fully saturated rings. The minimum Gasteiger partial charge on any atom is -0.370 e. The maximum atomic E-state index is 13.6. The molecule has 1 aromatic rings. The van der Waals surface area contributed by atoms with Gasteiger partial charge in [0.25, 0.3) is 0 Å². The number of hydrogen-bond acceptors (Lipinski definition) is 1. The predicted molar refractivity (Wildman–Crippen MR) is 58.5 cm³/mol. The lowest BCUT2D eigenvalue weighted by atomic mass is 10.0. The molecule has 0 saturated carbocycles. The Kier molecular flexibility index (Phi) is 2.79. The van der Waals surface area contributed by atoms with Crippen molar-refractivity contribution in [3.63, 3.8) is 0 Å². The average Bonchev–Trinajstić information content (AvgIpc) is 2.86. The first-order chi connectivity index (χ1) is 7.08. The van der Waals surface area contributed by atoms with Crippen LogP contribution in [0.25, 0.3) is 0 Å². The summed E-state index contributed by atoms with van der Waals surface area (Å²) in [6.07, 6.45) is 2.44. The summed E-state index contributed by atoms with van der Waals surface area (Å²) in [7, 11) is 0. The van der Waals surface area contributed by atoms with E-state index in [1.807, 2.05) is 19.9 Å². The molecular formula is C13H17FO. The van der Waals surface area contributed by atoms with Gasteiger partial charge in [0.15, 0.2) is 0 Å². The van der Waals surface area contributed by atoms with E-state index < -0.39 is 0 Å². The van der Waals surface area contributed by atoms with Crippen LogP contribution >= 0.6 is 0 Å². The van der Waals surface area contributed by atoms with E-state index in [4.69, 9.17) is 4.74 Å². The van der Waals surface area contributed by atoms with Crippen molar-refractivity contribution in [3.8, 4) is 0 Å². The molecule has 0 aromatic heterocycles. The Labute approximate surface area is 90.3 Å². The van der Waals surface area contributed by atoms with Crippen LogP contribution in [-0.2, 0) is 11.2 Å². The molecule has 0 radical (unpaired) electrons. The Morgan fingerprint density at radius 3 is 2.47 bits per heavy atom. The Bertz CT molecular complexity index is 373. The molecule has 2 unspecified atom stereocenters. The number of hydrogen-bond donors (Lipinski definition) is 0. The number of benzene rings is 1. The Morgan fingerprint density at radius 2 is 1.87 bits per heavy atom. The van der Waals surface area contributed by atoms with Crippen LogP contribution in [0.4, 0.5) is 4.39 Å². The molecule has 1 saturated heterocycles. The van der Waals surface area contributed by atoms with E-state index in [0.29, 0.717) is 12.2 Å². The summed E-state index contributed by atoms with van der Waals surface area (Å²) in [5.41, 5.74) is 3.00.